The highest BCUT2D eigenvalue weighted by Gasteiger charge is 2.44. The summed E-state index contributed by atoms with van der Waals surface area (Å²) in [5.41, 5.74) is 2.27. The Labute approximate surface area is 180 Å². The van der Waals surface area contributed by atoms with E-state index in [9.17, 15) is 4.79 Å². The Morgan fingerprint density at radius 3 is 2.46 bits per heavy atom. The van der Waals surface area contributed by atoms with Crippen LogP contribution in [0.1, 0.15) is 49.4 Å². The molecule has 3 aliphatic rings. The van der Waals surface area contributed by atoms with Gasteiger partial charge >= 0.3 is 0 Å². The Balaban J connectivity index is 0.00000140. The lowest BCUT2D eigenvalue weighted by molar-refractivity contribution is -0.122. The molecule has 3 fully saturated rings. The summed E-state index contributed by atoms with van der Waals surface area (Å²) in [6.07, 6.45) is 6.41. The van der Waals surface area contributed by atoms with E-state index in [-0.39, 0.29) is 36.8 Å². The highest BCUT2D eigenvalue weighted by molar-refractivity contribution is 5.85. The van der Waals surface area contributed by atoms with Crippen LogP contribution in [0.5, 0.6) is 0 Å². The third-order valence-corrected chi connectivity index (χ3v) is 6.07. The molecule has 0 spiro atoms. The second-order valence-electron chi connectivity index (χ2n) is 8.68. The molecule has 1 N–H and O–H groups in total. The maximum atomic E-state index is 12.3. The molecule has 0 bridgehead atoms. The van der Waals surface area contributed by atoms with Crippen molar-refractivity contribution in [2.24, 2.45) is 11.8 Å². The number of halogens is 2. The number of nitrogens with one attached hydrogen (secondary N) is 1. The van der Waals surface area contributed by atoms with Crippen molar-refractivity contribution in [1.82, 2.24) is 20.2 Å². The van der Waals surface area contributed by atoms with Crippen LogP contribution in [0.2, 0.25) is 0 Å². The van der Waals surface area contributed by atoms with E-state index in [2.05, 4.69) is 23.2 Å². The normalized spacial score (nSPS) is 24.4. The molecule has 6 nitrogen and oxygen atoms in total. The van der Waals surface area contributed by atoms with Gasteiger partial charge in [0.15, 0.2) is 0 Å². The van der Waals surface area contributed by atoms with E-state index in [1.807, 2.05) is 19.0 Å². The Hall–Kier alpha value is -1.11. The maximum Gasteiger partial charge on any atom is 0.234 e. The fourth-order valence-corrected chi connectivity index (χ4v) is 4.32. The number of aromatic nitrogens is 2. The Kier molecular flexibility index (Phi) is 7.94. The second-order valence-corrected chi connectivity index (χ2v) is 8.68. The zero-order valence-corrected chi connectivity index (χ0v) is 18.7. The van der Waals surface area contributed by atoms with E-state index in [1.54, 1.807) is 0 Å². The minimum absolute atomic E-state index is 0. The summed E-state index contributed by atoms with van der Waals surface area (Å²) >= 11 is 0. The molecule has 8 heteroatoms. The predicted octanol–water partition coefficient (Wildman–Crippen LogP) is 2.79. The molecule has 28 heavy (non-hydrogen) atoms. The second kappa shape index (κ2) is 9.59. The quantitative estimate of drug-likeness (QED) is 0.752. The lowest BCUT2D eigenvalue weighted by Gasteiger charge is -2.26. The van der Waals surface area contributed by atoms with Crippen LogP contribution in [-0.4, -0.2) is 60.5 Å². The van der Waals surface area contributed by atoms with E-state index >= 15 is 0 Å². The number of carbonyl (C=O) groups is 1. The number of amides is 1. The fraction of sp³-hybridized carbons (Fsp3) is 0.750. The molecule has 2 atom stereocenters. The lowest BCUT2D eigenvalue weighted by atomic mass is 9.83. The van der Waals surface area contributed by atoms with Gasteiger partial charge in [-0.05, 0) is 58.7 Å². The number of carbonyl (C=O) groups excluding carboxylic acids is 1. The minimum Gasteiger partial charge on any atom is -0.350 e. The number of likely N-dealkylation sites (N-methyl/N-ethyl adjacent to an activating group) is 1. The Morgan fingerprint density at radius 1 is 1.18 bits per heavy atom. The number of rotatable bonds is 6. The van der Waals surface area contributed by atoms with Crippen LogP contribution in [0.15, 0.2) is 6.07 Å². The topological polar surface area (TPSA) is 61.4 Å². The van der Waals surface area contributed by atoms with Crippen LogP contribution in [-0.2, 0) is 4.79 Å². The molecule has 1 aromatic heterocycles. The molecule has 1 aromatic rings. The van der Waals surface area contributed by atoms with E-state index in [0.717, 1.165) is 30.6 Å². The number of anilines is 1. The van der Waals surface area contributed by atoms with Gasteiger partial charge in [-0.15, -0.1) is 24.8 Å². The molecule has 2 aliphatic carbocycles. The molecule has 158 valence electrons. The first kappa shape index (κ1) is 23.2. The van der Waals surface area contributed by atoms with Gasteiger partial charge in [-0.25, -0.2) is 9.97 Å². The van der Waals surface area contributed by atoms with E-state index in [0.29, 0.717) is 18.4 Å². The summed E-state index contributed by atoms with van der Waals surface area (Å²) in [7, 11) is 3.86. The summed E-state index contributed by atoms with van der Waals surface area (Å²) in [6.45, 7) is 4.30. The van der Waals surface area contributed by atoms with Gasteiger partial charge in [0.25, 0.3) is 0 Å². The van der Waals surface area contributed by atoms with Gasteiger partial charge < -0.3 is 15.1 Å². The average Bonchev–Trinajstić information content (AvgIpc) is 3.25. The van der Waals surface area contributed by atoms with Crippen LogP contribution in [0.3, 0.4) is 0 Å². The van der Waals surface area contributed by atoms with Crippen molar-refractivity contribution in [3.63, 3.8) is 0 Å². The van der Waals surface area contributed by atoms with E-state index in [1.165, 1.54) is 37.8 Å². The summed E-state index contributed by atoms with van der Waals surface area (Å²) in [5.74, 6) is 2.88. The summed E-state index contributed by atoms with van der Waals surface area (Å²) in [4.78, 5) is 26.1. The van der Waals surface area contributed by atoms with Crippen LogP contribution >= 0.6 is 24.8 Å². The van der Waals surface area contributed by atoms with Crippen molar-refractivity contribution in [2.75, 3.05) is 38.6 Å². The molecular weight excluding hydrogens is 397 g/mol. The first-order valence-corrected chi connectivity index (χ1v) is 10.0. The molecule has 4 rings (SSSR count). The van der Waals surface area contributed by atoms with Crippen molar-refractivity contribution in [3.8, 4) is 0 Å². The summed E-state index contributed by atoms with van der Waals surface area (Å²) < 4.78 is 0. The average molecular weight is 430 g/mol. The highest BCUT2D eigenvalue weighted by atomic mass is 35.5. The maximum absolute atomic E-state index is 12.3. The summed E-state index contributed by atoms with van der Waals surface area (Å²) in [6, 6.07) is 2.36. The van der Waals surface area contributed by atoms with Crippen molar-refractivity contribution in [3.05, 3.63) is 17.5 Å². The van der Waals surface area contributed by atoms with Crippen molar-refractivity contribution < 1.29 is 4.79 Å². The molecular formula is C20H33Cl2N5O. The zero-order chi connectivity index (χ0) is 18.3. The van der Waals surface area contributed by atoms with Crippen molar-refractivity contribution in [1.29, 1.82) is 0 Å². The molecule has 2 saturated carbocycles. The van der Waals surface area contributed by atoms with Gasteiger partial charge in [-0.2, -0.15) is 0 Å². The van der Waals surface area contributed by atoms with Gasteiger partial charge in [0.05, 0.1) is 12.6 Å². The molecule has 1 saturated heterocycles. The predicted molar refractivity (Wildman–Crippen MR) is 117 cm³/mol. The van der Waals surface area contributed by atoms with Crippen LogP contribution < -0.4 is 10.2 Å². The van der Waals surface area contributed by atoms with Gasteiger partial charge in [0.1, 0.15) is 0 Å². The lowest BCUT2D eigenvalue weighted by Crippen LogP contribution is -2.44. The first-order chi connectivity index (χ1) is 12.5. The van der Waals surface area contributed by atoms with Crippen LogP contribution in [0.25, 0.3) is 0 Å². The zero-order valence-electron chi connectivity index (χ0n) is 17.1. The SMILES string of the molecule is Cc1cc(C2CCC2)nc(N2C[C@H](NC(=O)CN(C)C)[C@@H](C3CC3)C2)n1.Cl.Cl. The number of aryl methyl sites for hydroxylation is 1. The first-order valence-electron chi connectivity index (χ1n) is 10.0. The molecule has 2 heterocycles. The van der Waals surface area contributed by atoms with E-state index < -0.39 is 0 Å². The van der Waals surface area contributed by atoms with Crippen molar-refractivity contribution in [2.45, 2.75) is 51.0 Å². The molecule has 1 aliphatic heterocycles. The number of hydrogen-bond acceptors (Lipinski definition) is 5. The largest absolute Gasteiger partial charge is 0.350 e. The van der Waals surface area contributed by atoms with Gasteiger partial charge in [-0.3, -0.25) is 4.79 Å². The fourth-order valence-electron chi connectivity index (χ4n) is 4.32. The van der Waals surface area contributed by atoms with E-state index in [4.69, 9.17) is 9.97 Å². The molecule has 0 unspecified atom stereocenters. The highest BCUT2D eigenvalue weighted by Crippen LogP contribution is 2.42. The van der Waals surface area contributed by atoms with Crippen molar-refractivity contribution >= 4 is 36.7 Å². The monoisotopic (exact) mass is 429 g/mol. The molecule has 0 radical (unpaired) electrons. The molecule has 0 aromatic carbocycles. The smallest absolute Gasteiger partial charge is 0.234 e. The van der Waals surface area contributed by atoms with Gasteiger partial charge in [-0.1, -0.05) is 6.42 Å². The van der Waals surface area contributed by atoms with Crippen LogP contribution in [0, 0.1) is 18.8 Å². The van der Waals surface area contributed by atoms with Gasteiger partial charge in [0, 0.05) is 36.3 Å². The summed E-state index contributed by atoms with van der Waals surface area (Å²) in [5, 5.41) is 3.28. The third-order valence-electron chi connectivity index (χ3n) is 6.07. The minimum atomic E-state index is 0. The van der Waals surface area contributed by atoms with Gasteiger partial charge in [0.2, 0.25) is 11.9 Å². The Morgan fingerprint density at radius 2 is 1.89 bits per heavy atom. The number of nitrogens with zero attached hydrogens (tertiary/aromatic N) is 4. The van der Waals surface area contributed by atoms with Crippen LogP contribution in [0.4, 0.5) is 5.95 Å². The number of hydrogen-bond donors (Lipinski definition) is 1. The molecule has 1 amide bonds. The standard InChI is InChI=1S/C20H31N5O.2ClH/c1-13-9-17(15-5-4-6-15)23-20(21-13)25-10-16(14-7-8-14)18(11-25)22-19(26)12-24(2)3;;/h9,14-16,18H,4-8,10-12H2,1-3H3,(H,22,26);2*1H/t16-,18+;;/m1../s1. The third kappa shape index (κ3) is 5.28. The Bertz CT molecular complexity index is 679.